The van der Waals surface area contributed by atoms with Crippen LogP contribution in [-0.4, -0.2) is 11.6 Å². The minimum absolute atomic E-state index is 0.0687. The molecule has 0 heterocycles. The van der Waals surface area contributed by atoms with E-state index < -0.39 is 0 Å². The maximum atomic E-state index is 12.5. The first kappa shape index (κ1) is 13.9. The van der Waals surface area contributed by atoms with E-state index in [1.165, 1.54) is 24.3 Å². The third-order valence-electron chi connectivity index (χ3n) is 3.13. The second kappa shape index (κ2) is 4.74. The van der Waals surface area contributed by atoms with Crippen LogP contribution in [0.5, 0.6) is 0 Å². The van der Waals surface area contributed by atoms with Crippen LogP contribution in [-0.2, 0) is 0 Å². The van der Waals surface area contributed by atoms with Gasteiger partial charge in [-0.1, -0.05) is 46.4 Å². The molecule has 0 atom stereocenters. The normalized spacial score (nSPS) is 13.2. The lowest BCUT2D eigenvalue weighted by molar-refractivity contribution is 0.0979. The molecule has 20 heavy (non-hydrogen) atoms. The van der Waals surface area contributed by atoms with Gasteiger partial charge < -0.3 is 0 Å². The summed E-state index contributed by atoms with van der Waals surface area (Å²) in [4.78, 5) is 25.0. The maximum Gasteiger partial charge on any atom is 0.196 e. The molecule has 100 valence electrons. The van der Waals surface area contributed by atoms with Crippen LogP contribution in [0.15, 0.2) is 24.3 Å². The molecule has 0 amide bonds. The van der Waals surface area contributed by atoms with Gasteiger partial charge in [0.1, 0.15) is 0 Å². The Labute approximate surface area is 134 Å². The summed E-state index contributed by atoms with van der Waals surface area (Å²) in [5.41, 5.74) is 0.576. The summed E-state index contributed by atoms with van der Waals surface area (Å²) in [6, 6.07) is 5.86. The highest BCUT2D eigenvalue weighted by atomic mass is 35.5. The van der Waals surface area contributed by atoms with E-state index in [4.69, 9.17) is 46.4 Å². The molecular formula is C14H4Cl4O2. The van der Waals surface area contributed by atoms with Crippen molar-refractivity contribution in [1.29, 1.82) is 0 Å². The molecule has 2 aromatic carbocycles. The van der Waals surface area contributed by atoms with E-state index in [1.807, 2.05) is 0 Å². The zero-order valence-corrected chi connectivity index (χ0v) is 12.7. The molecule has 0 spiro atoms. The van der Waals surface area contributed by atoms with Gasteiger partial charge >= 0.3 is 0 Å². The first-order valence-electron chi connectivity index (χ1n) is 5.49. The molecule has 0 bridgehead atoms. The van der Waals surface area contributed by atoms with Crippen molar-refractivity contribution in [3.63, 3.8) is 0 Å². The van der Waals surface area contributed by atoms with E-state index in [9.17, 15) is 9.59 Å². The monoisotopic (exact) mass is 344 g/mol. The van der Waals surface area contributed by atoms with E-state index in [0.29, 0.717) is 0 Å². The Bertz CT molecular complexity index is 729. The molecule has 0 fully saturated rings. The van der Waals surface area contributed by atoms with Gasteiger partial charge in [-0.05, 0) is 24.3 Å². The van der Waals surface area contributed by atoms with E-state index >= 15 is 0 Å². The molecule has 3 rings (SSSR count). The Morgan fingerprint density at radius 1 is 0.600 bits per heavy atom. The van der Waals surface area contributed by atoms with Gasteiger partial charge in [-0.3, -0.25) is 9.59 Å². The third kappa shape index (κ3) is 1.80. The Kier molecular flexibility index (Phi) is 3.30. The van der Waals surface area contributed by atoms with Crippen LogP contribution in [0.25, 0.3) is 0 Å². The highest BCUT2D eigenvalue weighted by molar-refractivity contribution is 6.49. The van der Waals surface area contributed by atoms with E-state index in [0.717, 1.165) is 0 Å². The Morgan fingerprint density at radius 2 is 0.950 bits per heavy atom. The molecule has 2 nitrogen and oxygen atoms in total. The van der Waals surface area contributed by atoms with Crippen LogP contribution in [0.1, 0.15) is 31.8 Å². The van der Waals surface area contributed by atoms with Gasteiger partial charge in [-0.2, -0.15) is 0 Å². The molecule has 6 heteroatoms. The predicted octanol–water partition coefficient (Wildman–Crippen LogP) is 5.08. The SMILES string of the molecule is O=C1c2ccc(Cl)c(Cl)c2C(=O)c2ccc(Cl)c(Cl)c21. The van der Waals surface area contributed by atoms with Gasteiger partial charge in [-0.15, -0.1) is 0 Å². The average molecular weight is 346 g/mol. The fourth-order valence-corrected chi connectivity index (χ4v) is 3.01. The van der Waals surface area contributed by atoms with Crippen molar-refractivity contribution >= 4 is 58.0 Å². The molecule has 0 N–H and O–H groups in total. The standard InChI is InChI=1S/C14H4Cl4O2/c15-7-3-1-5-9(11(7)17)14(20)6-2-4-8(16)12(18)10(6)13(5)19/h1-4H. The first-order chi connectivity index (χ1) is 9.43. The summed E-state index contributed by atoms with van der Waals surface area (Å²) in [6.45, 7) is 0. The molecule has 0 aliphatic heterocycles. The highest BCUT2D eigenvalue weighted by Gasteiger charge is 2.34. The molecular weight excluding hydrogens is 342 g/mol. The van der Waals surface area contributed by atoms with Crippen molar-refractivity contribution in [2.75, 3.05) is 0 Å². The lowest BCUT2D eigenvalue weighted by Crippen LogP contribution is -2.22. The van der Waals surface area contributed by atoms with Gasteiger partial charge in [0.25, 0.3) is 0 Å². The Morgan fingerprint density at radius 3 is 1.30 bits per heavy atom. The number of halogens is 4. The van der Waals surface area contributed by atoms with Gasteiger partial charge in [0.15, 0.2) is 11.6 Å². The number of benzene rings is 2. The number of fused-ring (bicyclic) bond motifs is 2. The van der Waals surface area contributed by atoms with E-state index in [2.05, 4.69) is 0 Å². The summed E-state index contributed by atoms with van der Waals surface area (Å²) in [5, 5.41) is 0.573. The number of ketones is 2. The zero-order valence-electron chi connectivity index (χ0n) is 9.64. The Balaban J connectivity index is 2.40. The number of hydrogen-bond acceptors (Lipinski definition) is 2. The summed E-state index contributed by atoms with van der Waals surface area (Å²) >= 11 is 23.9. The van der Waals surface area contributed by atoms with Gasteiger partial charge in [0, 0.05) is 11.1 Å². The minimum atomic E-state index is -0.388. The van der Waals surface area contributed by atoms with Crippen molar-refractivity contribution in [3.05, 3.63) is 66.6 Å². The molecule has 1 aliphatic rings. The summed E-state index contributed by atoms with van der Waals surface area (Å²) in [6.07, 6.45) is 0. The third-order valence-corrected chi connectivity index (χ3v) is 4.74. The second-order valence-corrected chi connectivity index (χ2v) is 5.80. The lowest BCUT2D eigenvalue weighted by Gasteiger charge is -2.20. The summed E-state index contributed by atoms with van der Waals surface area (Å²) < 4.78 is 0. The predicted molar refractivity (Wildman–Crippen MR) is 79.8 cm³/mol. The van der Waals surface area contributed by atoms with Crippen LogP contribution in [0, 0.1) is 0 Å². The van der Waals surface area contributed by atoms with Crippen LogP contribution in [0.2, 0.25) is 20.1 Å². The molecule has 0 unspecified atom stereocenters. The van der Waals surface area contributed by atoms with Gasteiger partial charge in [-0.25, -0.2) is 0 Å². The fourth-order valence-electron chi connectivity index (χ4n) is 2.19. The summed E-state index contributed by atoms with van der Waals surface area (Å²) in [5.74, 6) is -0.777. The lowest BCUT2D eigenvalue weighted by atomic mass is 9.84. The smallest absolute Gasteiger partial charge is 0.196 e. The number of carbonyl (C=O) groups excluding carboxylic acids is 2. The minimum Gasteiger partial charge on any atom is -0.289 e. The quantitative estimate of drug-likeness (QED) is 0.569. The van der Waals surface area contributed by atoms with E-state index in [-0.39, 0.29) is 53.9 Å². The van der Waals surface area contributed by atoms with Crippen LogP contribution >= 0.6 is 46.4 Å². The highest BCUT2D eigenvalue weighted by Crippen LogP contribution is 2.39. The van der Waals surface area contributed by atoms with Crippen LogP contribution in [0.3, 0.4) is 0 Å². The number of rotatable bonds is 0. The molecule has 0 saturated carbocycles. The second-order valence-electron chi connectivity index (χ2n) is 4.23. The number of carbonyl (C=O) groups is 2. The Hall–Kier alpha value is -1.06. The van der Waals surface area contributed by atoms with Crippen molar-refractivity contribution in [3.8, 4) is 0 Å². The van der Waals surface area contributed by atoms with Crippen molar-refractivity contribution in [2.45, 2.75) is 0 Å². The zero-order chi connectivity index (χ0) is 14.6. The number of hydrogen-bond donors (Lipinski definition) is 0. The molecule has 0 radical (unpaired) electrons. The van der Waals surface area contributed by atoms with E-state index in [1.54, 1.807) is 0 Å². The van der Waals surface area contributed by atoms with Crippen molar-refractivity contribution in [2.24, 2.45) is 0 Å². The maximum absolute atomic E-state index is 12.5. The van der Waals surface area contributed by atoms with Gasteiger partial charge in [0.05, 0.1) is 31.2 Å². The first-order valence-corrected chi connectivity index (χ1v) is 7.00. The molecule has 0 saturated heterocycles. The average Bonchev–Trinajstić information content (AvgIpc) is 2.42. The summed E-state index contributed by atoms with van der Waals surface area (Å²) in [7, 11) is 0. The fraction of sp³-hybridized carbons (Fsp3) is 0. The topological polar surface area (TPSA) is 34.1 Å². The van der Waals surface area contributed by atoms with Gasteiger partial charge in [0.2, 0.25) is 0 Å². The molecule has 1 aliphatic carbocycles. The van der Waals surface area contributed by atoms with Crippen molar-refractivity contribution in [1.82, 2.24) is 0 Å². The molecule has 2 aromatic rings. The molecule has 0 aromatic heterocycles. The van der Waals surface area contributed by atoms with Crippen molar-refractivity contribution < 1.29 is 9.59 Å². The largest absolute Gasteiger partial charge is 0.289 e. The van der Waals surface area contributed by atoms with Crippen LogP contribution < -0.4 is 0 Å². The van der Waals surface area contributed by atoms with Crippen LogP contribution in [0.4, 0.5) is 0 Å².